The number of halogens is 1. The maximum Gasteiger partial charge on any atom is 0.257 e. The van der Waals surface area contributed by atoms with E-state index in [9.17, 15) is 9.18 Å². The Morgan fingerprint density at radius 1 is 1.00 bits per heavy atom. The van der Waals surface area contributed by atoms with Crippen molar-refractivity contribution in [3.8, 4) is 16.9 Å². The van der Waals surface area contributed by atoms with Gasteiger partial charge in [0, 0.05) is 13.1 Å². The van der Waals surface area contributed by atoms with Crippen LogP contribution in [0.3, 0.4) is 0 Å². The highest BCUT2D eigenvalue weighted by Crippen LogP contribution is 2.40. The molecule has 3 nitrogen and oxygen atoms in total. The molecule has 0 bridgehead atoms. The van der Waals surface area contributed by atoms with Gasteiger partial charge in [0.15, 0.2) is 0 Å². The average Bonchev–Trinajstić information content (AvgIpc) is 3.23. The van der Waals surface area contributed by atoms with E-state index in [1.54, 1.807) is 4.90 Å². The highest BCUT2D eigenvalue weighted by Gasteiger charge is 2.31. The summed E-state index contributed by atoms with van der Waals surface area (Å²) in [7, 11) is 1.51. The van der Waals surface area contributed by atoms with Gasteiger partial charge in [-0.3, -0.25) is 4.79 Å². The van der Waals surface area contributed by atoms with E-state index in [4.69, 9.17) is 4.74 Å². The van der Waals surface area contributed by atoms with E-state index in [1.807, 2.05) is 0 Å². The van der Waals surface area contributed by atoms with Crippen LogP contribution in [-0.4, -0.2) is 17.9 Å². The predicted molar refractivity (Wildman–Crippen MR) is 122 cm³/mol. The lowest BCUT2D eigenvalue weighted by atomic mass is 9.84. The molecule has 3 aromatic rings. The smallest absolute Gasteiger partial charge is 0.257 e. The van der Waals surface area contributed by atoms with Crippen LogP contribution >= 0.6 is 0 Å². The summed E-state index contributed by atoms with van der Waals surface area (Å²) in [4.78, 5) is 14.9. The number of benzene rings is 3. The van der Waals surface area contributed by atoms with Crippen LogP contribution < -0.4 is 4.74 Å². The fourth-order valence-corrected chi connectivity index (χ4v) is 4.73. The van der Waals surface area contributed by atoms with E-state index in [1.165, 1.54) is 69.8 Å². The van der Waals surface area contributed by atoms with Gasteiger partial charge in [-0.1, -0.05) is 36.8 Å². The zero-order valence-corrected chi connectivity index (χ0v) is 18.8. The third kappa shape index (κ3) is 3.60. The van der Waals surface area contributed by atoms with Crippen molar-refractivity contribution in [3.05, 3.63) is 87.2 Å². The first kappa shape index (κ1) is 21.1. The molecule has 0 spiro atoms. The molecule has 0 N–H and O–H groups in total. The predicted octanol–water partition coefficient (Wildman–Crippen LogP) is 6.14. The number of nitrogens with zero attached hydrogens (tertiary/aromatic N) is 1. The molecular formula is C27H28FNO2. The van der Waals surface area contributed by atoms with Crippen molar-refractivity contribution < 1.29 is 13.9 Å². The van der Waals surface area contributed by atoms with E-state index in [0.29, 0.717) is 18.8 Å². The Hall–Kier alpha value is -3.14. The monoisotopic (exact) mass is 417 g/mol. The van der Waals surface area contributed by atoms with Crippen LogP contribution in [0.4, 0.5) is 4.39 Å². The molecule has 3 aromatic carbocycles. The largest absolute Gasteiger partial charge is 0.497 e. The normalized spacial score (nSPS) is 12.8. The minimum atomic E-state index is -0.523. The van der Waals surface area contributed by atoms with E-state index in [0.717, 1.165) is 6.42 Å². The second kappa shape index (κ2) is 8.18. The number of carbonyl (C=O) groups excluding carboxylic acids is 1. The molecular weight excluding hydrogens is 389 g/mol. The Labute approximate surface area is 183 Å². The Bertz CT molecular complexity index is 1170. The molecule has 4 heteroatoms. The van der Waals surface area contributed by atoms with Gasteiger partial charge in [-0.25, -0.2) is 4.39 Å². The summed E-state index contributed by atoms with van der Waals surface area (Å²) in [6.07, 6.45) is 0.918. The number of rotatable bonds is 4. The van der Waals surface area contributed by atoms with Crippen LogP contribution in [0, 0.1) is 26.6 Å². The van der Waals surface area contributed by atoms with Crippen LogP contribution in [0.15, 0.2) is 42.5 Å². The van der Waals surface area contributed by atoms with Gasteiger partial charge in [-0.2, -0.15) is 0 Å². The molecule has 0 unspecified atom stereocenters. The Morgan fingerprint density at radius 3 is 2.26 bits per heavy atom. The molecule has 0 aliphatic carbocycles. The highest BCUT2D eigenvalue weighted by atomic mass is 19.1. The summed E-state index contributed by atoms with van der Waals surface area (Å²) in [6.45, 7) is 9.54. The van der Waals surface area contributed by atoms with Crippen molar-refractivity contribution in [2.75, 3.05) is 7.11 Å². The number of aryl methyl sites for hydroxylation is 1. The standard InChI is InChI=1S/C27H28FNO2/c1-6-21-17(3)23-14-29(27(30)22-13-20(31-5)11-12-25(22)28)15-24(23)18(4)26(21)19-9-7-16(2)8-10-19/h7-13H,6,14-15H2,1-5H3. The molecule has 1 heterocycles. The van der Waals surface area contributed by atoms with Crippen molar-refractivity contribution in [2.45, 2.75) is 47.2 Å². The van der Waals surface area contributed by atoms with Crippen LogP contribution in [0.25, 0.3) is 11.1 Å². The van der Waals surface area contributed by atoms with Gasteiger partial charge < -0.3 is 9.64 Å². The molecule has 0 atom stereocenters. The maximum atomic E-state index is 14.4. The van der Waals surface area contributed by atoms with Gasteiger partial charge in [0.2, 0.25) is 0 Å². The molecule has 160 valence electrons. The third-order valence-corrected chi connectivity index (χ3v) is 6.48. The molecule has 1 aliphatic heterocycles. The van der Waals surface area contributed by atoms with Gasteiger partial charge in [0.25, 0.3) is 5.91 Å². The molecule has 0 aromatic heterocycles. The topological polar surface area (TPSA) is 29.5 Å². The summed E-state index contributed by atoms with van der Waals surface area (Å²) >= 11 is 0. The number of ether oxygens (including phenoxy) is 1. The number of hydrogen-bond acceptors (Lipinski definition) is 2. The first-order valence-corrected chi connectivity index (χ1v) is 10.7. The van der Waals surface area contributed by atoms with Gasteiger partial charge in [-0.05, 0) is 84.3 Å². The second-order valence-electron chi connectivity index (χ2n) is 8.29. The lowest BCUT2D eigenvalue weighted by Crippen LogP contribution is -2.26. The molecule has 0 radical (unpaired) electrons. The van der Waals surface area contributed by atoms with Gasteiger partial charge in [0.1, 0.15) is 11.6 Å². The minimum absolute atomic E-state index is 0.0527. The Balaban J connectivity index is 1.77. The lowest BCUT2D eigenvalue weighted by molar-refractivity contribution is 0.0746. The number of methoxy groups -OCH3 is 1. The summed E-state index contributed by atoms with van der Waals surface area (Å²) in [5, 5.41) is 0. The Kier molecular flexibility index (Phi) is 5.57. The second-order valence-corrected chi connectivity index (χ2v) is 8.29. The molecule has 0 saturated carbocycles. The SMILES string of the molecule is CCc1c(C)c2c(c(C)c1-c1ccc(C)cc1)CN(C(=O)c1cc(OC)ccc1F)C2. The molecule has 1 aliphatic rings. The van der Waals surface area contributed by atoms with Crippen LogP contribution in [0.1, 0.15) is 50.7 Å². The Morgan fingerprint density at radius 2 is 1.65 bits per heavy atom. The number of hydrogen-bond donors (Lipinski definition) is 0. The zero-order chi connectivity index (χ0) is 22.3. The molecule has 0 fully saturated rings. The maximum absolute atomic E-state index is 14.4. The zero-order valence-electron chi connectivity index (χ0n) is 18.8. The molecule has 0 saturated heterocycles. The number of carbonyl (C=O) groups is 1. The van der Waals surface area contributed by atoms with Crippen LogP contribution in [0.2, 0.25) is 0 Å². The summed E-state index contributed by atoms with van der Waals surface area (Å²) < 4.78 is 19.6. The number of amides is 1. The first-order valence-electron chi connectivity index (χ1n) is 10.7. The van der Waals surface area contributed by atoms with Gasteiger partial charge >= 0.3 is 0 Å². The molecule has 1 amide bonds. The molecule has 31 heavy (non-hydrogen) atoms. The van der Waals surface area contributed by atoms with Crippen molar-refractivity contribution >= 4 is 5.91 Å². The van der Waals surface area contributed by atoms with Crippen molar-refractivity contribution in [1.82, 2.24) is 4.90 Å². The first-order chi connectivity index (χ1) is 14.8. The average molecular weight is 418 g/mol. The summed E-state index contributed by atoms with van der Waals surface area (Å²) in [5.74, 6) is -0.352. The minimum Gasteiger partial charge on any atom is -0.497 e. The summed E-state index contributed by atoms with van der Waals surface area (Å²) in [5.41, 5.74) is 9.90. The van der Waals surface area contributed by atoms with Crippen molar-refractivity contribution in [1.29, 1.82) is 0 Å². The summed E-state index contributed by atoms with van der Waals surface area (Å²) in [6, 6.07) is 12.9. The third-order valence-electron chi connectivity index (χ3n) is 6.48. The van der Waals surface area contributed by atoms with Gasteiger partial charge in [-0.15, -0.1) is 0 Å². The van der Waals surface area contributed by atoms with E-state index in [-0.39, 0.29) is 11.5 Å². The lowest BCUT2D eigenvalue weighted by Gasteiger charge is -2.19. The number of fused-ring (bicyclic) bond motifs is 1. The van der Waals surface area contributed by atoms with E-state index < -0.39 is 5.82 Å². The van der Waals surface area contributed by atoms with Crippen molar-refractivity contribution in [3.63, 3.8) is 0 Å². The van der Waals surface area contributed by atoms with Crippen LogP contribution in [-0.2, 0) is 19.5 Å². The van der Waals surface area contributed by atoms with E-state index in [2.05, 4.69) is 52.0 Å². The molecule has 4 rings (SSSR count). The fraction of sp³-hybridized carbons (Fsp3) is 0.296. The van der Waals surface area contributed by atoms with E-state index >= 15 is 0 Å². The van der Waals surface area contributed by atoms with Crippen molar-refractivity contribution in [2.24, 2.45) is 0 Å². The highest BCUT2D eigenvalue weighted by molar-refractivity contribution is 5.95. The van der Waals surface area contributed by atoms with Gasteiger partial charge in [0.05, 0.1) is 12.7 Å². The fourth-order valence-electron chi connectivity index (χ4n) is 4.73. The van der Waals surface area contributed by atoms with Crippen LogP contribution in [0.5, 0.6) is 5.75 Å². The quantitative estimate of drug-likeness (QED) is 0.510.